The van der Waals surface area contributed by atoms with Gasteiger partial charge in [0.2, 0.25) is 0 Å². The fourth-order valence-electron chi connectivity index (χ4n) is 11.4. The van der Waals surface area contributed by atoms with Crippen molar-refractivity contribution in [2.24, 2.45) is 51.3 Å². The summed E-state index contributed by atoms with van der Waals surface area (Å²) in [5, 5.41) is 10.4. The molecule has 2 heterocycles. The minimum absolute atomic E-state index is 0.0674. The van der Waals surface area contributed by atoms with Crippen molar-refractivity contribution in [1.29, 1.82) is 0 Å². The summed E-state index contributed by atoms with van der Waals surface area (Å²) in [5.41, 5.74) is 3.55. The molecule has 0 radical (unpaired) electrons. The van der Waals surface area contributed by atoms with Crippen molar-refractivity contribution < 1.29 is 18.5 Å². The predicted molar refractivity (Wildman–Crippen MR) is 183 cm³/mol. The molecule has 7 heteroatoms. The van der Waals surface area contributed by atoms with Gasteiger partial charge in [-0.25, -0.2) is 0 Å². The average Bonchev–Trinajstić information content (AvgIpc) is 3.81. The lowest BCUT2D eigenvalue weighted by Gasteiger charge is -2.61. The van der Waals surface area contributed by atoms with E-state index in [0.717, 1.165) is 64.6 Å². The van der Waals surface area contributed by atoms with Gasteiger partial charge in [-0.05, 0) is 165 Å². The van der Waals surface area contributed by atoms with Crippen LogP contribution in [0, 0.1) is 46.3 Å². The highest BCUT2D eigenvalue weighted by molar-refractivity contribution is 6.41. The zero-order valence-corrected chi connectivity index (χ0v) is 27.9. The molecule has 46 heavy (non-hydrogen) atoms. The zero-order valence-electron chi connectivity index (χ0n) is 27.9. The molecule has 1 N–H and O–H groups in total. The molecular formula is C39H51BF2N2O2. The Labute approximate surface area is 274 Å². The Balaban J connectivity index is 0.946. The van der Waals surface area contributed by atoms with Gasteiger partial charge in [0.15, 0.2) is 0 Å². The van der Waals surface area contributed by atoms with Gasteiger partial charge in [-0.15, -0.1) is 0 Å². The molecule has 4 fully saturated rings. The molecule has 2 aromatic rings. The molecule has 4 aliphatic carbocycles. The SMILES string of the molecule is C[C@H](CCCOc1ccc(/C(=C2\C=CC=N2)c2cccn2B(F)F)cc1)[C@H]1CC[C@H]2[C@@H]3CCC4C[C@H](O)CC[C@]4(C)[C@H]3CC[C@]12C. The van der Waals surface area contributed by atoms with Crippen LogP contribution in [0.4, 0.5) is 8.63 Å². The molecule has 0 spiro atoms. The third kappa shape index (κ3) is 5.63. The maximum atomic E-state index is 13.7. The maximum Gasteiger partial charge on any atom is 0.677 e. The van der Waals surface area contributed by atoms with Crippen LogP contribution < -0.4 is 4.74 Å². The quantitative estimate of drug-likeness (QED) is 0.222. The monoisotopic (exact) mass is 628 g/mol. The van der Waals surface area contributed by atoms with Crippen molar-refractivity contribution in [2.75, 3.05) is 6.61 Å². The number of allylic oxidation sites excluding steroid dienone is 2. The van der Waals surface area contributed by atoms with E-state index in [1.807, 2.05) is 36.4 Å². The first kappa shape index (κ1) is 31.9. The van der Waals surface area contributed by atoms with Crippen LogP contribution in [0.3, 0.4) is 0 Å². The molecule has 246 valence electrons. The second-order valence-corrected chi connectivity index (χ2v) is 15.8. The number of aliphatic imine (C=N–C) groups is 1. The van der Waals surface area contributed by atoms with Crippen molar-refractivity contribution in [3.8, 4) is 5.75 Å². The first-order valence-electron chi connectivity index (χ1n) is 18.0. The number of hydrogen-bond acceptors (Lipinski definition) is 3. The Bertz CT molecular complexity index is 1470. The number of aliphatic hydroxyl groups excluding tert-OH is 1. The Morgan fingerprint density at radius 2 is 1.80 bits per heavy atom. The minimum Gasteiger partial charge on any atom is -0.494 e. The molecule has 1 aromatic carbocycles. The third-order valence-electron chi connectivity index (χ3n) is 13.7. The van der Waals surface area contributed by atoms with E-state index in [0.29, 0.717) is 40.3 Å². The van der Waals surface area contributed by atoms with Gasteiger partial charge in [0.1, 0.15) is 5.75 Å². The number of aliphatic hydroxyl groups is 1. The molecule has 7 rings (SSSR count). The van der Waals surface area contributed by atoms with Crippen LogP contribution in [-0.2, 0) is 0 Å². The second kappa shape index (κ2) is 12.7. The number of halogens is 2. The number of aromatic nitrogens is 1. The topological polar surface area (TPSA) is 46.8 Å². The molecule has 1 unspecified atom stereocenters. The van der Waals surface area contributed by atoms with Crippen molar-refractivity contribution in [3.05, 3.63) is 71.7 Å². The summed E-state index contributed by atoms with van der Waals surface area (Å²) in [5.74, 6) is 5.62. The van der Waals surface area contributed by atoms with Crippen LogP contribution in [0.5, 0.6) is 5.75 Å². The number of ether oxygens (including phenoxy) is 1. The number of benzene rings is 1. The van der Waals surface area contributed by atoms with E-state index in [4.69, 9.17) is 4.74 Å². The van der Waals surface area contributed by atoms with Crippen LogP contribution in [0.25, 0.3) is 5.57 Å². The molecule has 0 saturated heterocycles. The number of rotatable bonds is 9. The highest BCUT2D eigenvalue weighted by atomic mass is 19.2. The Morgan fingerprint density at radius 3 is 2.57 bits per heavy atom. The summed E-state index contributed by atoms with van der Waals surface area (Å²) in [7, 11) is -2.62. The molecule has 1 aromatic heterocycles. The molecule has 1 aliphatic heterocycles. The van der Waals surface area contributed by atoms with E-state index in [2.05, 4.69) is 25.8 Å². The summed E-state index contributed by atoms with van der Waals surface area (Å²) in [6.07, 6.45) is 20.5. The normalized spacial score (nSPS) is 36.6. The van der Waals surface area contributed by atoms with Crippen molar-refractivity contribution in [2.45, 2.75) is 97.5 Å². The van der Waals surface area contributed by atoms with Gasteiger partial charge in [0, 0.05) is 17.5 Å². The summed E-state index contributed by atoms with van der Waals surface area (Å²) < 4.78 is 34.6. The lowest BCUT2D eigenvalue weighted by molar-refractivity contribution is -0.129. The predicted octanol–water partition coefficient (Wildman–Crippen LogP) is 9.47. The fourth-order valence-corrected chi connectivity index (χ4v) is 11.4. The van der Waals surface area contributed by atoms with E-state index in [1.165, 1.54) is 57.6 Å². The van der Waals surface area contributed by atoms with E-state index in [-0.39, 0.29) is 6.10 Å². The zero-order chi connectivity index (χ0) is 32.1. The van der Waals surface area contributed by atoms with Gasteiger partial charge in [-0.1, -0.05) is 32.9 Å². The lowest BCUT2D eigenvalue weighted by atomic mass is 9.44. The molecule has 9 atom stereocenters. The van der Waals surface area contributed by atoms with Crippen molar-refractivity contribution in [1.82, 2.24) is 4.48 Å². The standard InChI is InChI=1S/C39H51BF2N2O2/c1-26(32-16-17-33-31-15-12-28-25-29(45)18-20-38(28,2)34(31)19-21-39(32,33)3)7-6-24-46-30-13-10-27(11-14-30)37(35-8-4-22-43-35)36-9-5-23-44(36)40(41)42/h4-5,8-11,13-14,22-23,26,28-29,31-34,45H,6-7,12,15-21,24-25H2,1-3H3/b37-35-/t26-,28?,29-,31+,32-,33+,34+,38+,39-/m1/s1. The van der Waals surface area contributed by atoms with E-state index < -0.39 is 7.40 Å². The van der Waals surface area contributed by atoms with Crippen molar-refractivity contribution >= 4 is 19.2 Å². The average molecular weight is 629 g/mol. The molecule has 4 nitrogen and oxygen atoms in total. The van der Waals surface area contributed by atoms with Crippen LogP contribution in [-0.4, -0.2) is 35.9 Å². The van der Waals surface area contributed by atoms with Crippen molar-refractivity contribution in [3.63, 3.8) is 0 Å². The first-order valence-corrected chi connectivity index (χ1v) is 18.0. The van der Waals surface area contributed by atoms with Gasteiger partial charge < -0.3 is 14.3 Å². The van der Waals surface area contributed by atoms with Gasteiger partial charge >= 0.3 is 7.40 Å². The van der Waals surface area contributed by atoms with Crippen LogP contribution in [0.2, 0.25) is 0 Å². The summed E-state index contributed by atoms with van der Waals surface area (Å²) >= 11 is 0. The molecule has 0 bridgehead atoms. The fraction of sp³-hybridized carbons (Fsp3) is 0.615. The van der Waals surface area contributed by atoms with Gasteiger partial charge in [-0.3, -0.25) is 13.6 Å². The van der Waals surface area contributed by atoms with E-state index >= 15 is 0 Å². The Kier molecular flexibility index (Phi) is 8.84. The molecule has 4 saturated carbocycles. The number of hydrogen-bond donors (Lipinski definition) is 1. The first-order chi connectivity index (χ1) is 22.2. The summed E-state index contributed by atoms with van der Waals surface area (Å²) in [4.78, 5) is 4.42. The van der Waals surface area contributed by atoms with Gasteiger partial charge in [0.05, 0.1) is 18.4 Å². The number of fused-ring (bicyclic) bond motifs is 5. The maximum absolute atomic E-state index is 13.7. The summed E-state index contributed by atoms with van der Waals surface area (Å²) in [6, 6.07) is 11.2. The van der Waals surface area contributed by atoms with Gasteiger partial charge in [-0.2, -0.15) is 0 Å². The highest BCUT2D eigenvalue weighted by Gasteiger charge is 2.60. The van der Waals surface area contributed by atoms with E-state index in [1.54, 1.807) is 18.3 Å². The largest absolute Gasteiger partial charge is 0.677 e. The van der Waals surface area contributed by atoms with Crippen LogP contribution >= 0.6 is 0 Å². The molecule has 5 aliphatic rings. The third-order valence-corrected chi connectivity index (χ3v) is 13.7. The highest BCUT2D eigenvalue weighted by Crippen LogP contribution is 2.68. The second-order valence-electron chi connectivity index (χ2n) is 15.8. The van der Waals surface area contributed by atoms with Crippen LogP contribution in [0.15, 0.2) is 65.4 Å². The smallest absolute Gasteiger partial charge is 0.494 e. The summed E-state index contributed by atoms with van der Waals surface area (Å²) in [6.45, 7) is 8.41. The Morgan fingerprint density at radius 1 is 1.02 bits per heavy atom. The minimum atomic E-state index is -2.62. The lowest BCUT2D eigenvalue weighted by Crippen LogP contribution is -2.54. The van der Waals surface area contributed by atoms with Gasteiger partial charge in [0.25, 0.3) is 0 Å². The molecular weight excluding hydrogens is 577 g/mol. The van der Waals surface area contributed by atoms with Crippen LogP contribution in [0.1, 0.15) is 103 Å². The Hall–Kier alpha value is -2.67. The van der Waals surface area contributed by atoms with E-state index in [9.17, 15) is 13.7 Å². The number of nitrogens with zero attached hydrogens (tertiary/aromatic N) is 2. The molecule has 0 amide bonds.